The Morgan fingerprint density at radius 1 is 1.55 bits per heavy atom. The zero-order valence-corrected chi connectivity index (χ0v) is 12.4. The second kappa shape index (κ2) is 4.99. The third kappa shape index (κ3) is 2.34. The Morgan fingerprint density at radius 3 is 2.95 bits per heavy atom. The lowest BCUT2D eigenvalue weighted by atomic mass is 10.3. The van der Waals surface area contributed by atoms with E-state index in [2.05, 4.69) is 10.1 Å². The van der Waals surface area contributed by atoms with Gasteiger partial charge in [-0.1, -0.05) is 0 Å². The number of carbonyl (C=O) groups excluding carboxylic acids is 1. The third-order valence-corrected chi connectivity index (χ3v) is 4.65. The SMILES string of the molecule is Cc1nc(-c2cnn(C)c2)sc1C(=O)N1CC[C@@H](N)C1. The number of aromatic nitrogens is 3. The van der Waals surface area contributed by atoms with Crippen LogP contribution in [0.5, 0.6) is 0 Å². The largest absolute Gasteiger partial charge is 0.336 e. The summed E-state index contributed by atoms with van der Waals surface area (Å²) in [5, 5.41) is 4.97. The molecule has 20 heavy (non-hydrogen) atoms. The first-order valence-electron chi connectivity index (χ1n) is 6.56. The maximum absolute atomic E-state index is 12.5. The summed E-state index contributed by atoms with van der Waals surface area (Å²) in [5.74, 6) is 0.0445. The molecule has 7 heteroatoms. The van der Waals surface area contributed by atoms with E-state index in [1.165, 1.54) is 11.3 Å². The van der Waals surface area contributed by atoms with Crippen LogP contribution in [0.1, 0.15) is 21.8 Å². The van der Waals surface area contributed by atoms with E-state index in [0.29, 0.717) is 11.4 Å². The van der Waals surface area contributed by atoms with Crippen LogP contribution >= 0.6 is 11.3 Å². The molecule has 1 atom stereocenters. The van der Waals surface area contributed by atoms with Crippen LogP contribution in [0.2, 0.25) is 0 Å². The van der Waals surface area contributed by atoms with Crippen molar-refractivity contribution in [1.82, 2.24) is 19.7 Å². The van der Waals surface area contributed by atoms with Crippen molar-refractivity contribution in [3.05, 3.63) is 23.0 Å². The highest BCUT2D eigenvalue weighted by atomic mass is 32.1. The summed E-state index contributed by atoms with van der Waals surface area (Å²) in [4.78, 5) is 19.5. The van der Waals surface area contributed by atoms with Crippen molar-refractivity contribution in [3.63, 3.8) is 0 Å². The molecule has 1 saturated heterocycles. The summed E-state index contributed by atoms with van der Waals surface area (Å²) in [5.41, 5.74) is 7.58. The Hall–Kier alpha value is -1.73. The molecule has 2 aromatic heterocycles. The number of nitrogens with two attached hydrogens (primary N) is 1. The van der Waals surface area contributed by atoms with Gasteiger partial charge in [0, 0.05) is 37.9 Å². The highest BCUT2D eigenvalue weighted by molar-refractivity contribution is 7.17. The Morgan fingerprint density at radius 2 is 2.35 bits per heavy atom. The fourth-order valence-electron chi connectivity index (χ4n) is 2.37. The summed E-state index contributed by atoms with van der Waals surface area (Å²) >= 11 is 1.43. The van der Waals surface area contributed by atoms with Crippen molar-refractivity contribution in [2.24, 2.45) is 12.8 Å². The Bertz CT molecular complexity index is 647. The summed E-state index contributed by atoms with van der Waals surface area (Å²) in [7, 11) is 1.86. The van der Waals surface area contributed by atoms with Gasteiger partial charge in [0.1, 0.15) is 9.88 Å². The average molecular weight is 291 g/mol. The maximum atomic E-state index is 12.5. The van der Waals surface area contributed by atoms with E-state index in [-0.39, 0.29) is 11.9 Å². The summed E-state index contributed by atoms with van der Waals surface area (Å²) in [6.07, 6.45) is 4.54. The molecule has 2 aromatic rings. The van der Waals surface area contributed by atoms with Crippen molar-refractivity contribution in [1.29, 1.82) is 0 Å². The van der Waals surface area contributed by atoms with Gasteiger partial charge in [-0.3, -0.25) is 9.48 Å². The van der Waals surface area contributed by atoms with E-state index < -0.39 is 0 Å². The number of rotatable bonds is 2. The monoisotopic (exact) mass is 291 g/mol. The Balaban J connectivity index is 1.87. The predicted molar refractivity (Wildman–Crippen MR) is 77.5 cm³/mol. The fraction of sp³-hybridized carbons (Fsp3) is 0.462. The van der Waals surface area contributed by atoms with Gasteiger partial charge in [0.2, 0.25) is 0 Å². The smallest absolute Gasteiger partial charge is 0.265 e. The molecule has 0 aliphatic carbocycles. The molecule has 0 spiro atoms. The number of hydrogen-bond acceptors (Lipinski definition) is 5. The van der Waals surface area contributed by atoms with E-state index in [9.17, 15) is 4.79 Å². The molecule has 6 nitrogen and oxygen atoms in total. The number of nitrogens with zero attached hydrogens (tertiary/aromatic N) is 4. The van der Waals surface area contributed by atoms with E-state index in [0.717, 1.165) is 29.2 Å². The molecule has 1 aliphatic rings. The van der Waals surface area contributed by atoms with Crippen LogP contribution in [0, 0.1) is 6.92 Å². The molecule has 3 rings (SSSR count). The van der Waals surface area contributed by atoms with Crippen LogP contribution in [0.3, 0.4) is 0 Å². The molecule has 1 aliphatic heterocycles. The number of carbonyl (C=O) groups is 1. The average Bonchev–Trinajstić information content (AvgIpc) is 3.09. The number of aryl methyl sites for hydroxylation is 2. The van der Waals surface area contributed by atoms with Crippen LogP contribution < -0.4 is 5.73 Å². The quantitative estimate of drug-likeness (QED) is 0.896. The normalized spacial score (nSPS) is 18.8. The fourth-order valence-corrected chi connectivity index (χ4v) is 3.37. The number of thiazole rings is 1. The number of likely N-dealkylation sites (tertiary alicyclic amines) is 1. The van der Waals surface area contributed by atoms with Crippen LogP contribution in [0.15, 0.2) is 12.4 Å². The molecule has 1 fully saturated rings. The van der Waals surface area contributed by atoms with Gasteiger partial charge in [0.05, 0.1) is 11.9 Å². The van der Waals surface area contributed by atoms with E-state index in [1.54, 1.807) is 10.9 Å². The van der Waals surface area contributed by atoms with Gasteiger partial charge in [-0.25, -0.2) is 4.98 Å². The van der Waals surface area contributed by atoms with Crippen molar-refractivity contribution < 1.29 is 4.79 Å². The van der Waals surface area contributed by atoms with E-state index >= 15 is 0 Å². The molecular formula is C13H17N5OS. The lowest BCUT2D eigenvalue weighted by molar-refractivity contribution is 0.0794. The molecule has 2 N–H and O–H groups in total. The van der Waals surface area contributed by atoms with Gasteiger partial charge in [-0.15, -0.1) is 11.3 Å². The van der Waals surface area contributed by atoms with Gasteiger partial charge in [0.25, 0.3) is 5.91 Å². The van der Waals surface area contributed by atoms with Gasteiger partial charge >= 0.3 is 0 Å². The molecule has 106 valence electrons. The Labute approximate surface area is 121 Å². The summed E-state index contributed by atoms with van der Waals surface area (Å²) in [6, 6.07) is 0.102. The van der Waals surface area contributed by atoms with Crippen LogP contribution in [0.25, 0.3) is 10.6 Å². The summed E-state index contributed by atoms with van der Waals surface area (Å²) < 4.78 is 1.73. The lowest BCUT2D eigenvalue weighted by Crippen LogP contribution is -2.31. The predicted octanol–water partition coefficient (Wildman–Crippen LogP) is 1.03. The number of amides is 1. The van der Waals surface area contributed by atoms with Crippen LogP contribution in [-0.2, 0) is 7.05 Å². The van der Waals surface area contributed by atoms with Crippen molar-refractivity contribution >= 4 is 17.2 Å². The molecule has 0 bridgehead atoms. The summed E-state index contributed by atoms with van der Waals surface area (Å²) in [6.45, 7) is 3.25. The Kier molecular flexibility index (Phi) is 3.31. The lowest BCUT2D eigenvalue weighted by Gasteiger charge is -2.14. The highest BCUT2D eigenvalue weighted by Crippen LogP contribution is 2.29. The van der Waals surface area contributed by atoms with Crippen LogP contribution in [0.4, 0.5) is 0 Å². The molecular weight excluding hydrogens is 274 g/mol. The zero-order valence-electron chi connectivity index (χ0n) is 11.5. The molecule has 3 heterocycles. The van der Waals surface area contributed by atoms with Gasteiger partial charge < -0.3 is 10.6 Å². The first-order chi connectivity index (χ1) is 9.54. The minimum Gasteiger partial charge on any atom is -0.336 e. The molecule has 0 radical (unpaired) electrons. The minimum absolute atomic E-state index is 0.0445. The van der Waals surface area contributed by atoms with Crippen LogP contribution in [-0.4, -0.2) is 44.7 Å². The molecule has 0 saturated carbocycles. The molecule has 0 unspecified atom stereocenters. The van der Waals surface area contributed by atoms with Gasteiger partial charge in [-0.05, 0) is 13.3 Å². The first-order valence-corrected chi connectivity index (χ1v) is 7.37. The zero-order chi connectivity index (χ0) is 14.3. The highest BCUT2D eigenvalue weighted by Gasteiger charge is 2.27. The topological polar surface area (TPSA) is 77.0 Å². The van der Waals surface area contributed by atoms with Crippen molar-refractivity contribution in [2.45, 2.75) is 19.4 Å². The standard InChI is InChI=1S/C13H17N5OS/c1-8-11(13(19)18-4-3-10(14)7-18)20-12(16-8)9-5-15-17(2)6-9/h5-6,10H,3-4,7,14H2,1-2H3/t10-/m1/s1. The second-order valence-corrected chi connectivity index (χ2v) is 6.14. The van der Waals surface area contributed by atoms with Gasteiger partial charge in [0.15, 0.2) is 0 Å². The van der Waals surface area contributed by atoms with Gasteiger partial charge in [-0.2, -0.15) is 5.10 Å². The second-order valence-electron chi connectivity index (χ2n) is 5.14. The number of hydrogen-bond donors (Lipinski definition) is 1. The minimum atomic E-state index is 0.0445. The van der Waals surface area contributed by atoms with E-state index in [4.69, 9.17) is 5.73 Å². The van der Waals surface area contributed by atoms with Crippen molar-refractivity contribution in [3.8, 4) is 10.6 Å². The molecule has 0 aromatic carbocycles. The molecule has 1 amide bonds. The third-order valence-electron chi connectivity index (χ3n) is 3.45. The van der Waals surface area contributed by atoms with Crippen molar-refractivity contribution in [2.75, 3.05) is 13.1 Å². The van der Waals surface area contributed by atoms with E-state index in [1.807, 2.05) is 25.1 Å². The maximum Gasteiger partial charge on any atom is 0.265 e. The first kappa shape index (κ1) is 13.3.